The molecular weight excluding hydrogens is 292 g/mol. The molecule has 1 aromatic carbocycles. The van der Waals surface area contributed by atoms with Crippen molar-refractivity contribution in [3.63, 3.8) is 0 Å². The van der Waals surface area contributed by atoms with Gasteiger partial charge in [-0.25, -0.2) is 0 Å². The molecule has 0 saturated heterocycles. The molecule has 0 aliphatic heterocycles. The van der Waals surface area contributed by atoms with E-state index in [-0.39, 0.29) is 17.6 Å². The van der Waals surface area contributed by atoms with Gasteiger partial charge in [0.15, 0.2) is 0 Å². The van der Waals surface area contributed by atoms with Gasteiger partial charge in [0.05, 0.1) is 12.2 Å². The van der Waals surface area contributed by atoms with Crippen LogP contribution < -0.4 is 10.4 Å². The minimum Gasteiger partial charge on any atom is -0.379 e. The van der Waals surface area contributed by atoms with Crippen molar-refractivity contribution < 1.29 is 9.47 Å². The van der Waals surface area contributed by atoms with E-state index in [1.807, 2.05) is 0 Å². The van der Waals surface area contributed by atoms with Crippen molar-refractivity contribution in [2.45, 2.75) is 25.0 Å². The molecule has 3 heteroatoms. The Morgan fingerprint density at radius 3 is 2.28 bits per heavy atom. The highest BCUT2D eigenvalue weighted by Crippen LogP contribution is 2.44. The normalized spacial score (nSPS) is 33.3. The van der Waals surface area contributed by atoms with Gasteiger partial charge in [-0.05, 0) is 35.4 Å². The first-order valence-electron chi connectivity index (χ1n) is 6.23. The van der Waals surface area contributed by atoms with Crippen LogP contribution in [-0.4, -0.2) is 26.4 Å². The van der Waals surface area contributed by atoms with Gasteiger partial charge in [0.25, 0.3) is 0 Å². The van der Waals surface area contributed by atoms with Crippen LogP contribution in [0.15, 0.2) is 22.7 Å². The maximum Gasteiger partial charge on any atom is 0.0844 e. The van der Waals surface area contributed by atoms with E-state index in [1.165, 1.54) is 10.4 Å². The van der Waals surface area contributed by atoms with Gasteiger partial charge in [-0.2, -0.15) is 0 Å². The number of halogens is 1. The molecule has 0 amide bonds. The number of ether oxygens (including phenoxy) is 2. The topological polar surface area (TPSA) is 18.5 Å². The van der Waals surface area contributed by atoms with E-state index < -0.39 is 0 Å². The minimum absolute atomic E-state index is 0.116. The van der Waals surface area contributed by atoms with Gasteiger partial charge in [-0.3, -0.25) is 0 Å². The van der Waals surface area contributed by atoms with Gasteiger partial charge >= 0.3 is 0 Å². The standard InChI is InChI=1S/C15H17BrO2/c1-17-13-8-15(9-14(13)18-2)6-10-3-4-12(16)5-11(10)7-15/h3-7,13-14H,8-9H2,1-2H3. The Morgan fingerprint density at radius 1 is 1.06 bits per heavy atom. The Balaban J connectivity index is 2.01. The first-order valence-corrected chi connectivity index (χ1v) is 7.02. The van der Waals surface area contributed by atoms with Crippen LogP contribution in [0.4, 0.5) is 0 Å². The van der Waals surface area contributed by atoms with Crippen molar-refractivity contribution in [1.29, 1.82) is 0 Å². The lowest BCUT2D eigenvalue weighted by Crippen LogP contribution is -2.23. The van der Waals surface area contributed by atoms with Crippen LogP contribution in [0.5, 0.6) is 0 Å². The molecule has 1 saturated carbocycles. The average Bonchev–Trinajstić information content (AvgIpc) is 2.88. The fourth-order valence-electron chi connectivity index (χ4n) is 3.26. The molecule has 2 nitrogen and oxygen atoms in total. The molecule has 2 unspecified atom stereocenters. The van der Waals surface area contributed by atoms with E-state index in [0.29, 0.717) is 0 Å². The lowest BCUT2D eigenvalue weighted by molar-refractivity contribution is -0.0157. The van der Waals surface area contributed by atoms with E-state index in [0.717, 1.165) is 17.3 Å². The summed E-state index contributed by atoms with van der Waals surface area (Å²) in [7, 11) is 3.54. The second kappa shape index (κ2) is 4.48. The van der Waals surface area contributed by atoms with Gasteiger partial charge in [-0.1, -0.05) is 34.1 Å². The molecule has 0 N–H and O–H groups in total. The summed E-state index contributed by atoms with van der Waals surface area (Å²) in [5, 5.41) is 2.64. The number of benzene rings is 1. The molecule has 1 fully saturated rings. The molecule has 2 aliphatic rings. The summed E-state index contributed by atoms with van der Waals surface area (Å²) in [4.78, 5) is 0. The summed E-state index contributed by atoms with van der Waals surface area (Å²) >= 11 is 3.53. The summed E-state index contributed by atoms with van der Waals surface area (Å²) in [5.41, 5.74) is 0.116. The summed E-state index contributed by atoms with van der Waals surface area (Å²) in [6, 6.07) is 6.45. The predicted octanol–water partition coefficient (Wildman–Crippen LogP) is 1.83. The van der Waals surface area contributed by atoms with Gasteiger partial charge in [0, 0.05) is 24.1 Å². The van der Waals surface area contributed by atoms with Crippen LogP contribution in [0.2, 0.25) is 0 Å². The van der Waals surface area contributed by atoms with Crippen LogP contribution in [0.25, 0.3) is 12.2 Å². The average molecular weight is 309 g/mol. The summed E-state index contributed by atoms with van der Waals surface area (Å²) < 4.78 is 12.2. The lowest BCUT2D eigenvalue weighted by atomic mass is 9.87. The summed E-state index contributed by atoms with van der Waals surface area (Å²) in [6.45, 7) is 0. The molecule has 18 heavy (non-hydrogen) atoms. The monoisotopic (exact) mass is 308 g/mol. The third-order valence-electron chi connectivity index (χ3n) is 4.12. The zero-order chi connectivity index (χ0) is 12.8. The first-order chi connectivity index (χ1) is 8.65. The Morgan fingerprint density at radius 2 is 1.67 bits per heavy atom. The molecular formula is C15H17BrO2. The van der Waals surface area contributed by atoms with Crippen molar-refractivity contribution in [3.8, 4) is 0 Å². The highest BCUT2D eigenvalue weighted by Gasteiger charge is 2.44. The Kier molecular flexibility index (Phi) is 3.08. The van der Waals surface area contributed by atoms with Crippen LogP contribution >= 0.6 is 15.9 Å². The maximum absolute atomic E-state index is 5.55. The Hall–Kier alpha value is -0.640. The van der Waals surface area contributed by atoms with E-state index in [2.05, 4.69) is 46.3 Å². The van der Waals surface area contributed by atoms with E-state index in [9.17, 15) is 0 Å². The van der Waals surface area contributed by atoms with E-state index in [1.54, 1.807) is 14.2 Å². The molecule has 1 spiro atoms. The lowest BCUT2D eigenvalue weighted by Gasteiger charge is -2.17. The zero-order valence-electron chi connectivity index (χ0n) is 10.7. The molecule has 2 aliphatic carbocycles. The highest BCUT2D eigenvalue weighted by atomic mass is 79.9. The molecule has 3 rings (SSSR count). The third kappa shape index (κ3) is 1.94. The molecule has 0 bridgehead atoms. The fraction of sp³-hybridized carbons (Fsp3) is 0.467. The van der Waals surface area contributed by atoms with Crippen LogP contribution in [0.1, 0.15) is 12.8 Å². The van der Waals surface area contributed by atoms with E-state index in [4.69, 9.17) is 9.47 Å². The molecule has 1 aromatic rings. The third-order valence-corrected chi connectivity index (χ3v) is 4.61. The largest absolute Gasteiger partial charge is 0.379 e. The van der Waals surface area contributed by atoms with Crippen molar-refractivity contribution in [2.24, 2.45) is 5.41 Å². The summed E-state index contributed by atoms with van der Waals surface area (Å²) in [5.74, 6) is 0. The minimum atomic E-state index is 0.116. The van der Waals surface area contributed by atoms with E-state index >= 15 is 0 Å². The van der Waals surface area contributed by atoms with Crippen molar-refractivity contribution in [2.75, 3.05) is 14.2 Å². The zero-order valence-corrected chi connectivity index (χ0v) is 12.2. The number of hydrogen-bond acceptors (Lipinski definition) is 2. The highest BCUT2D eigenvalue weighted by molar-refractivity contribution is 9.10. The predicted molar refractivity (Wildman–Crippen MR) is 75.6 cm³/mol. The van der Waals surface area contributed by atoms with Crippen molar-refractivity contribution in [3.05, 3.63) is 33.1 Å². The van der Waals surface area contributed by atoms with Crippen LogP contribution in [-0.2, 0) is 9.47 Å². The quantitative estimate of drug-likeness (QED) is 0.830. The SMILES string of the molecule is COC1CC2(C=c3ccc(Br)cc3=C2)CC1OC. The smallest absolute Gasteiger partial charge is 0.0844 e. The van der Waals surface area contributed by atoms with Gasteiger partial charge < -0.3 is 9.47 Å². The maximum atomic E-state index is 5.55. The fourth-order valence-corrected chi connectivity index (χ4v) is 3.64. The molecule has 2 atom stereocenters. The molecule has 0 heterocycles. The number of methoxy groups -OCH3 is 2. The number of rotatable bonds is 2. The van der Waals surface area contributed by atoms with Crippen LogP contribution in [0.3, 0.4) is 0 Å². The molecule has 0 aromatic heterocycles. The Labute approximate surface area is 115 Å². The summed E-state index contributed by atoms with van der Waals surface area (Å²) in [6.07, 6.45) is 7.15. The van der Waals surface area contributed by atoms with Crippen LogP contribution in [0, 0.1) is 5.41 Å². The van der Waals surface area contributed by atoms with Crippen molar-refractivity contribution >= 4 is 28.1 Å². The van der Waals surface area contributed by atoms with Gasteiger partial charge in [0.2, 0.25) is 0 Å². The first kappa shape index (κ1) is 12.4. The van der Waals surface area contributed by atoms with Gasteiger partial charge in [-0.15, -0.1) is 0 Å². The van der Waals surface area contributed by atoms with Gasteiger partial charge in [0.1, 0.15) is 0 Å². The number of fused-ring (bicyclic) bond motifs is 1. The molecule has 0 radical (unpaired) electrons. The molecule has 96 valence electrons. The Bertz CT molecular complexity index is 567. The second-order valence-electron chi connectivity index (χ2n) is 5.25. The second-order valence-corrected chi connectivity index (χ2v) is 6.17. The number of hydrogen-bond donors (Lipinski definition) is 0. The van der Waals surface area contributed by atoms with Crippen molar-refractivity contribution in [1.82, 2.24) is 0 Å².